The van der Waals surface area contributed by atoms with Gasteiger partial charge in [-0.2, -0.15) is 0 Å². The number of carbonyl (C=O) groups is 1. The van der Waals surface area contributed by atoms with E-state index in [4.69, 9.17) is 16.3 Å². The maximum Gasteiger partial charge on any atom is 0.261 e. The number of halogens is 1. The molecule has 0 saturated carbocycles. The van der Waals surface area contributed by atoms with Crippen LogP contribution in [0.15, 0.2) is 18.2 Å². The summed E-state index contributed by atoms with van der Waals surface area (Å²) in [6.45, 7) is 9.44. The molecule has 1 atom stereocenters. The highest BCUT2D eigenvalue weighted by atomic mass is 35.5. The van der Waals surface area contributed by atoms with Crippen LogP contribution in [-0.2, 0) is 4.79 Å². The Morgan fingerprint density at radius 1 is 1.39 bits per heavy atom. The van der Waals surface area contributed by atoms with Gasteiger partial charge in [-0.05, 0) is 52.3 Å². The van der Waals surface area contributed by atoms with E-state index in [0.29, 0.717) is 10.8 Å². The first kappa shape index (κ1) is 14.8. The third kappa shape index (κ3) is 4.57. The Bertz CT molecular complexity index is 438. The first-order valence-electron chi connectivity index (χ1n) is 5.94. The SMILES string of the molecule is Cc1ccc(Cl)c(OC(C)C(=O)NC(C)(C)C)c1. The van der Waals surface area contributed by atoms with Crippen LogP contribution in [0.5, 0.6) is 5.75 Å². The van der Waals surface area contributed by atoms with Gasteiger partial charge in [-0.25, -0.2) is 0 Å². The number of rotatable bonds is 3. The van der Waals surface area contributed by atoms with Gasteiger partial charge in [-0.15, -0.1) is 0 Å². The van der Waals surface area contributed by atoms with E-state index < -0.39 is 6.10 Å². The van der Waals surface area contributed by atoms with Gasteiger partial charge < -0.3 is 10.1 Å². The zero-order valence-electron chi connectivity index (χ0n) is 11.5. The zero-order chi connectivity index (χ0) is 13.9. The molecule has 4 heteroatoms. The number of amides is 1. The third-order valence-corrected chi connectivity index (χ3v) is 2.57. The molecule has 0 aliphatic carbocycles. The van der Waals surface area contributed by atoms with E-state index in [-0.39, 0.29) is 11.4 Å². The number of hydrogen-bond acceptors (Lipinski definition) is 2. The van der Waals surface area contributed by atoms with E-state index in [2.05, 4.69) is 5.32 Å². The average Bonchev–Trinajstić information content (AvgIpc) is 2.21. The van der Waals surface area contributed by atoms with Crippen LogP contribution in [0.25, 0.3) is 0 Å². The summed E-state index contributed by atoms with van der Waals surface area (Å²) < 4.78 is 5.59. The van der Waals surface area contributed by atoms with Crippen molar-refractivity contribution in [1.29, 1.82) is 0 Å². The van der Waals surface area contributed by atoms with Crippen molar-refractivity contribution in [3.8, 4) is 5.75 Å². The van der Waals surface area contributed by atoms with Crippen molar-refractivity contribution in [2.24, 2.45) is 0 Å². The second-order valence-corrected chi connectivity index (χ2v) is 5.84. The summed E-state index contributed by atoms with van der Waals surface area (Å²) in [5.41, 5.74) is 0.767. The Balaban J connectivity index is 2.72. The summed E-state index contributed by atoms with van der Waals surface area (Å²) in [4.78, 5) is 11.9. The van der Waals surface area contributed by atoms with Crippen LogP contribution >= 0.6 is 11.6 Å². The molecule has 0 saturated heterocycles. The number of benzene rings is 1. The first-order chi connectivity index (χ1) is 8.19. The molecule has 0 radical (unpaired) electrons. The molecule has 0 bridgehead atoms. The third-order valence-electron chi connectivity index (χ3n) is 2.26. The molecule has 0 spiro atoms. The fourth-order valence-corrected chi connectivity index (χ4v) is 1.58. The lowest BCUT2D eigenvalue weighted by Gasteiger charge is -2.24. The minimum atomic E-state index is -0.580. The average molecular weight is 270 g/mol. The van der Waals surface area contributed by atoms with Crippen molar-refractivity contribution in [3.63, 3.8) is 0 Å². The molecular weight excluding hydrogens is 250 g/mol. The first-order valence-corrected chi connectivity index (χ1v) is 6.31. The number of carbonyl (C=O) groups excluding carboxylic acids is 1. The van der Waals surface area contributed by atoms with Gasteiger partial charge in [0.2, 0.25) is 0 Å². The van der Waals surface area contributed by atoms with Crippen molar-refractivity contribution in [2.75, 3.05) is 0 Å². The Kier molecular flexibility index (Phi) is 4.63. The quantitative estimate of drug-likeness (QED) is 0.914. The number of ether oxygens (including phenoxy) is 1. The van der Waals surface area contributed by atoms with Crippen molar-refractivity contribution < 1.29 is 9.53 Å². The van der Waals surface area contributed by atoms with Crippen molar-refractivity contribution in [2.45, 2.75) is 46.3 Å². The van der Waals surface area contributed by atoms with Gasteiger partial charge in [0.25, 0.3) is 5.91 Å². The molecule has 1 aromatic rings. The summed E-state index contributed by atoms with van der Waals surface area (Å²) >= 11 is 6.02. The van der Waals surface area contributed by atoms with E-state index in [1.807, 2.05) is 39.8 Å². The number of aryl methyl sites for hydroxylation is 1. The summed E-state index contributed by atoms with van der Waals surface area (Å²) in [6.07, 6.45) is -0.580. The predicted molar refractivity (Wildman–Crippen MR) is 74.2 cm³/mol. The molecule has 0 aliphatic heterocycles. The molecule has 0 aliphatic rings. The molecule has 3 nitrogen and oxygen atoms in total. The van der Waals surface area contributed by atoms with Gasteiger partial charge in [0, 0.05) is 5.54 Å². The van der Waals surface area contributed by atoms with E-state index in [0.717, 1.165) is 5.56 Å². The highest BCUT2D eigenvalue weighted by Crippen LogP contribution is 2.26. The molecule has 1 N–H and O–H groups in total. The highest BCUT2D eigenvalue weighted by Gasteiger charge is 2.21. The zero-order valence-corrected chi connectivity index (χ0v) is 12.3. The Morgan fingerprint density at radius 3 is 2.56 bits per heavy atom. The maximum atomic E-state index is 11.9. The normalized spacial score (nSPS) is 13.0. The summed E-state index contributed by atoms with van der Waals surface area (Å²) in [5, 5.41) is 3.38. The minimum absolute atomic E-state index is 0.153. The fraction of sp³-hybridized carbons (Fsp3) is 0.500. The molecule has 0 aromatic heterocycles. The van der Waals surface area contributed by atoms with Gasteiger partial charge in [0.15, 0.2) is 6.10 Å². The van der Waals surface area contributed by atoms with Gasteiger partial charge in [-0.3, -0.25) is 4.79 Å². The predicted octanol–water partition coefficient (Wildman–Crippen LogP) is 3.33. The smallest absolute Gasteiger partial charge is 0.261 e. The monoisotopic (exact) mass is 269 g/mol. The Morgan fingerprint density at radius 2 is 2.00 bits per heavy atom. The molecule has 1 unspecified atom stereocenters. The van der Waals surface area contributed by atoms with Crippen LogP contribution in [0.4, 0.5) is 0 Å². The molecule has 1 rings (SSSR count). The second kappa shape index (κ2) is 5.61. The van der Waals surface area contributed by atoms with Crippen molar-refractivity contribution >= 4 is 17.5 Å². The number of nitrogens with one attached hydrogen (secondary N) is 1. The lowest BCUT2D eigenvalue weighted by Crippen LogP contribution is -2.46. The molecule has 18 heavy (non-hydrogen) atoms. The van der Waals surface area contributed by atoms with Crippen LogP contribution in [0, 0.1) is 6.92 Å². The molecule has 1 amide bonds. The van der Waals surface area contributed by atoms with Crippen LogP contribution in [0.1, 0.15) is 33.3 Å². The van der Waals surface area contributed by atoms with E-state index in [9.17, 15) is 4.79 Å². The topological polar surface area (TPSA) is 38.3 Å². The van der Waals surface area contributed by atoms with E-state index >= 15 is 0 Å². The lowest BCUT2D eigenvalue weighted by molar-refractivity contribution is -0.128. The summed E-state index contributed by atoms with van der Waals surface area (Å²) in [6, 6.07) is 5.49. The summed E-state index contributed by atoms with van der Waals surface area (Å²) in [7, 11) is 0. The van der Waals surface area contributed by atoms with Crippen molar-refractivity contribution in [3.05, 3.63) is 28.8 Å². The van der Waals surface area contributed by atoms with Gasteiger partial charge in [-0.1, -0.05) is 17.7 Å². The van der Waals surface area contributed by atoms with Gasteiger partial charge in [0.05, 0.1) is 5.02 Å². The van der Waals surface area contributed by atoms with Crippen LogP contribution in [-0.4, -0.2) is 17.6 Å². The summed E-state index contributed by atoms with van der Waals surface area (Å²) in [5.74, 6) is 0.383. The van der Waals surface area contributed by atoms with E-state index in [1.165, 1.54) is 0 Å². The minimum Gasteiger partial charge on any atom is -0.479 e. The molecule has 0 fully saturated rings. The molecule has 100 valence electrons. The fourth-order valence-electron chi connectivity index (χ4n) is 1.42. The Labute approximate surface area is 113 Å². The molecule has 0 heterocycles. The number of hydrogen-bond donors (Lipinski definition) is 1. The molecule has 1 aromatic carbocycles. The Hall–Kier alpha value is -1.22. The van der Waals surface area contributed by atoms with Crippen molar-refractivity contribution in [1.82, 2.24) is 5.32 Å². The van der Waals surface area contributed by atoms with Crippen LogP contribution < -0.4 is 10.1 Å². The van der Waals surface area contributed by atoms with Gasteiger partial charge >= 0.3 is 0 Å². The largest absolute Gasteiger partial charge is 0.479 e. The second-order valence-electron chi connectivity index (χ2n) is 5.43. The highest BCUT2D eigenvalue weighted by molar-refractivity contribution is 6.32. The van der Waals surface area contributed by atoms with Crippen LogP contribution in [0.3, 0.4) is 0 Å². The molecular formula is C14H20ClNO2. The lowest BCUT2D eigenvalue weighted by atomic mass is 10.1. The van der Waals surface area contributed by atoms with Crippen LogP contribution in [0.2, 0.25) is 5.02 Å². The van der Waals surface area contributed by atoms with Gasteiger partial charge in [0.1, 0.15) is 5.75 Å². The maximum absolute atomic E-state index is 11.9. The van der Waals surface area contributed by atoms with E-state index in [1.54, 1.807) is 13.0 Å². The standard InChI is InChI=1S/C14H20ClNO2/c1-9-6-7-11(15)12(8-9)18-10(2)13(17)16-14(3,4)5/h6-8,10H,1-5H3,(H,16,17).